The molecule has 1 aliphatic heterocycles. The molecule has 0 aliphatic carbocycles. The molecule has 0 saturated carbocycles. The van der Waals surface area contributed by atoms with Gasteiger partial charge in [0.15, 0.2) is 0 Å². The molecule has 2 N–H and O–H groups in total. The zero-order valence-corrected chi connectivity index (χ0v) is 19.7. The summed E-state index contributed by atoms with van der Waals surface area (Å²) in [5, 5.41) is 4.03. The Labute approximate surface area is 199 Å². The molecule has 0 spiro atoms. The fourth-order valence-electron chi connectivity index (χ4n) is 4.09. The van der Waals surface area contributed by atoms with E-state index in [0.717, 1.165) is 0 Å². The van der Waals surface area contributed by atoms with Crippen molar-refractivity contribution < 1.29 is 22.7 Å². The van der Waals surface area contributed by atoms with Crippen molar-refractivity contribution in [1.29, 1.82) is 0 Å². The maximum atomic E-state index is 13.3. The summed E-state index contributed by atoms with van der Waals surface area (Å²) in [6.07, 6.45) is 0.630. The number of anilines is 1. The Kier molecular flexibility index (Phi) is 7.14. The van der Waals surface area contributed by atoms with Gasteiger partial charge in [-0.05, 0) is 44.0 Å². The summed E-state index contributed by atoms with van der Waals surface area (Å²) >= 11 is 0. The molecule has 1 aliphatic rings. The van der Waals surface area contributed by atoms with E-state index < -0.39 is 10.0 Å². The second kappa shape index (κ2) is 10.2. The van der Waals surface area contributed by atoms with Crippen LogP contribution < -0.4 is 10.0 Å². The van der Waals surface area contributed by atoms with Gasteiger partial charge in [0.2, 0.25) is 10.0 Å². The molecule has 1 saturated heterocycles. The van der Waals surface area contributed by atoms with Crippen molar-refractivity contribution >= 4 is 38.5 Å². The number of nitrogens with zero attached hydrogens (tertiary/aromatic N) is 1. The Morgan fingerprint density at radius 3 is 2.32 bits per heavy atom. The Morgan fingerprint density at radius 1 is 0.941 bits per heavy atom. The fraction of sp³-hybridized carbons (Fsp3) is 0.280. The Hall–Kier alpha value is -3.43. The van der Waals surface area contributed by atoms with Gasteiger partial charge in [0, 0.05) is 41.2 Å². The number of piperidine rings is 1. The van der Waals surface area contributed by atoms with E-state index in [4.69, 9.17) is 4.74 Å². The molecule has 178 valence electrons. The lowest BCUT2D eigenvalue weighted by atomic mass is 10.1. The second-order valence-electron chi connectivity index (χ2n) is 8.06. The molecule has 0 radical (unpaired) electrons. The van der Waals surface area contributed by atoms with Crippen molar-refractivity contribution in [3.8, 4) is 0 Å². The summed E-state index contributed by atoms with van der Waals surface area (Å²) in [5.74, 6) is -0.271. The fourth-order valence-corrected chi connectivity index (χ4v) is 5.61. The van der Waals surface area contributed by atoms with Crippen LogP contribution in [0.1, 0.15) is 30.1 Å². The van der Waals surface area contributed by atoms with E-state index in [1.807, 2.05) is 6.07 Å². The van der Waals surface area contributed by atoms with Crippen LogP contribution >= 0.6 is 0 Å². The lowest BCUT2D eigenvalue weighted by Crippen LogP contribution is -2.46. The minimum atomic E-state index is -3.83. The SMILES string of the molecule is CCOC(=O)N1CCC(NS(=O)(=O)c2cccc3c(NC(=O)c4ccccc4)cccc23)CC1. The van der Waals surface area contributed by atoms with E-state index in [1.165, 1.54) is 0 Å². The molecule has 34 heavy (non-hydrogen) atoms. The van der Waals surface area contributed by atoms with Crippen molar-refractivity contribution in [2.75, 3.05) is 25.0 Å². The highest BCUT2D eigenvalue weighted by Gasteiger charge is 2.28. The first-order valence-corrected chi connectivity index (χ1v) is 12.7. The van der Waals surface area contributed by atoms with Gasteiger partial charge >= 0.3 is 6.09 Å². The molecular formula is C25H27N3O5S. The summed E-state index contributed by atoms with van der Waals surface area (Å²) in [6.45, 7) is 2.91. The number of hydrogen-bond acceptors (Lipinski definition) is 5. The molecule has 2 amide bonds. The van der Waals surface area contributed by atoms with E-state index in [1.54, 1.807) is 72.5 Å². The Bertz CT molecular complexity index is 1290. The zero-order chi connectivity index (χ0) is 24.1. The summed E-state index contributed by atoms with van der Waals surface area (Å²) in [4.78, 5) is 26.3. The van der Waals surface area contributed by atoms with E-state index in [2.05, 4.69) is 10.0 Å². The highest BCUT2D eigenvalue weighted by molar-refractivity contribution is 7.89. The summed E-state index contributed by atoms with van der Waals surface area (Å²) in [7, 11) is -3.83. The first-order chi connectivity index (χ1) is 16.4. The summed E-state index contributed by atoms with van der Waals surface area (Å²) in [5.41, 5.74) is 1.05. The highest BCUT2D eigenvalue weighted by Crippen LogP contribution is 2.29. The van der Waals surface area contributed by atoms with Crippen LogP contribution in [0.3, 0.4) is 0 Å². The predicted octanol–water partition coefficient (Wildman–Crippen LogP) is 3.99. The lowest BCUT2D eigenvalue weighted by molar-refractivity contribution is 0.0964. The smallest absolute Gasteiger partial charge is 0.409 e. The number of benzene rings is 3. The standard InChI is InChI=1S/C25H27N3O5S/c1-2-33-25(30)28-16-14-19(15-17-28)27-34(31,32)23-13-7-10-20-21(23)11-6-12-22(20)26-24(29)18-8-4-3-5-9-18/h3-13,19,27H,2,14-17H2,1H3,(H,26,29). The van der Waals surface area contributed by atoms with Crippen molar-refractivity contribution in [2.45, 2.75) is 30.7 Å². The minimum Gasteiger partial charge on any atom is -0.450 e. The number of hydrogen-bond donors (Lipinski definition) is 2. The number of sulfonamides is 1. The van der Waals surface area contributed by atoms with Gasteiger partial charge in [-0.2, -0.15) is 0 Å². The van der Waals surface area contributed by atoms with Crippen LogP contribution in [0.2, 0.25) is 0 Å². The largest absolute Gasteiger partial charge is 0.450 e. The highest BCUT2D eigenvalue weighted by atomic mass is 32.2. The predicted molar refractivity (Wildman–Crippen MR) is 130 cm³/mol. The third-order valence-corrected chi connectivity index (χ3v) is 7.38. The van der Waals surface area contributed by atoms with Crippen molar-refractivity contribution in [3.05, 3.63) is 72.3 Å². The Morgan fingerprint density at radius 2 is 1.62 bits per heavy atom. The maximum Gasteiger partial charge on any atom is 0.409 e. The van der Waals surface area contributed by atoms with Gasteiger partial charge in [-0.1, -0.05) is 42.5 Å². The van der Waals surface area contributed by atoms with Crippen LogP contribution in [0.25, 0.3) is 10.8 Å². The lowest BCUT2D eigenvalue weighted by Gasteiger charge is -2.31. The number of ether oxygens (including phenoxy) is 1. The molecule has 4 rings (SSSR count). The number of nitrogens with one attached hydrogen (secondary N) is 2. The van der Waals surface area contributed by atoms with Crippen molar-refractivity contribution in [2.24, 2.45) is 0 Å². The van der Waals surface area contributed by atoms with E-state index in [0.29, 0.717) is 54.6 Å². The molecule has 0 bridgehead atoms. The van der Waals surface area contributed by atoms with E-state index in [9.17, 15) is 18.0 Å². The Balaban J connectivity index is 1.53. The third kappa shape index (κ3) is 5.21. The maximum absolute atomic E-state index is 13.3. The molecule has 0 atom stereocenters. The average molecular weight is 482 g/mol. The number of fused-ring (bicyclic) bond motifs is 1. The molecular weight excluding hydrogens is 454 g/mol. The van der Waals surface area contributed by atoms with Crippen LogP contribution in [-0.2, 0) is 14.8 Å². The van der Waals surface area contributed by atoms with Gasteiger partial charge in [-0.15, -0.1) is 0 Å². The van der Waals surface area contributed by atoms with Gasteiger partial charge in [-0.25, -0.2) is 17.9 Å². The normalized spacial score (nSPS) is 14.7. The monoisotopic (exact) mass is 481 g/mol. The number of carbonyl (C=O) groups excluding carboxylic acids is 2. The zero-order valence-electron chi connectivity index (χ0n) is 18.9. The van der Waals surface area contributed by atoms with Gasteiger partial charge in [-0.3, -0.25) is 4.79 Å². The van der Waals surface area contributed by atoms with Crippen molar-refractivity contribution in [1.82, 2.24) is 9.62 Å². The van der Waals surface area contributed by atoms with Crippen molar-refractivity contribution in [3.63, 3.8) is 0 Å². The van der Waals surface area contributed by atoms with Crippen LogP contribution in [0, 0.1) is 0 Å². The number of likely N-dealkylation sites (tertiary alicyclic amines) is 1. The third-order valence-electron chi connectivity index (χ3n) is 5.80. The molecule has 1 heterocycles. The summed E-state index contributed by atoms with van der Waals surface area (Å²) < 4.78 is 34.4. The van der Waals surface area contributed by atoms with Crippen LogP contribution in [0.15, 0.2) is 71.6 Å². The van der Waals surface area contributed by atoms with Gasteiger partial charge in [0.05, 0.1) is 11.5 Å². The molecule has 1 fully saturated rings. The molecule has 8 nitrogen and oxygen atoms in total. The van der Waals surface area contributed by atoms with E-state index >= 15 is 0 Å². The second-order valence-corrected chi connectivity index (χ2v) is 9.74. The number of amides is 2. The molecule has 0 unspecified atom stereocenters. The van der Waals surface area contributed by atoms with Crippen LogP contribution in [0.5, 0.6) is 0 Å². The van der Waals surface area contributed by atoms with Crippen LogP contribution in [0.4, 0.5) is 10.5 Å². The average Bonchev–Trinajstić information content (AvgIpc) is 2.85. The van der Waals surface area contributed by atoms with Gasteiger partial charge in [0.1, 0.15) is 0 Å². The van der Waals surface area contributed by atoms with Gasteiger partial charge in [0.25, 0.3) is 5.91 Å². The summed E-state index contributed by atoms with van der Waals surface area (Å²) in [6, 6.07) is 18.7. The minimum absolute atomic E-state index is 0.147. The molecule has 0 aromatic heterocycles. The first kappa shape index (κ1) is 23.7. The van der Waals surface area contributed by atoms with Crippen LogP contribution in [-0.4, -0.2) is 51.1 Å². The number of carbonyl (C=O) groups is 2. The first-order valence-electron chi connectivity index (χ1n) is 11.2. The quantitative estimate of drug-likeness (QED) is 0.554. The molecule has 3 aromatic carbocycles. The number of rotatable bonds is 6. The van der Waals surface area contributed by atoms with Gasteiger partial charge < -0.3 is 15.0 Å². The topological polar surface area (TPSA) is 105 Å². The van der Waals surface area contributed by atoms with E-state index in [-0.39, 0.29) is 22.9 Å². The molecule has 3 aromatic rings. The molecule has 9 heteroatoms.